The Balaban J connectivity index is 0.00000312. The molecule has 1 aliphatic rings. The largest absolute Gasteiger partial charge is 0.339 e. The van der Waals surface area contributed by atoms with Crippen molar-refractivity contribution in [2.24, 2.45) is 0 Å². The quantitative estimate of drug-likeness (QED) is 0.780. The van der Waals surface area contributed by atoms with Gasteiger partial charge in [-0.25, -0.2) is 13.1 Å². The number of nitrogens with zero attached hydrogens (tertiary/aromatic N) is 1. The molecule has 0 spiro atoms. The Morgan fingerprint density at radius 3 is 2.36 bits per heavy atom. The fourth-order valence-corrected chi connectivity index (χ4v) is 4.28. The first-order chi connectivity index (χ1) is 11.4. The summed E-state index contributed by atoms with van der Waals surface area (Å²) in [4.78, 5) is 14.2. The highest BCUT2D eigenvalue weighted by Gasteiger charge is 2.24. The lowest BCUT2D eigenvalue weighted by Gasteiger charge is -2.28. The van der Waals surface area contributed by atoms with Crippen LogP contribution in [-0.2, 0) is 10.0 Å². The van der Waals surface area contributed by atoms with Crippen molar-refractivity contribution in [1.82, 2.24) is 14.9 Å². The summed E-state index contributed by atoms with van der Waals surface area (Å²) in [6.45, 7) is 7.96. The van der Waals surface area contributed by atoms with Gasteiger partial charge >= 0.3 is 0 Å². The van der Waals surface area contributed by atoms with Crippen LogP contribution < -0.4 is 10.0 Å². The van der Waals surface area contributed by atoms with E-state index in [1.165, 1.54) is 12.1 Å². The molecule has 0 bridgehead atoms. The van der Waals surface area contributed by atoms with Crippen LogP contribution in [0.25, 0.3) is 0 Å². The van der Waals surface area contributed by atoms with Crippen molar-refractivity contribution in [2.45, 2.75) is 50.6 Å². The van der Waals surface area contributed by atoms with E-state index in [0.717, 1.165) is 19.4 Å². The van der Waals surface area contributed by atoms with Crippen LogP contribution in [-0.4, -0.2) is 50.9 Å². The summed E-state index contributed by atoms with van der Waals surface area (Å²) in [5, 5.41) is 3.30. The van der Waals surface area contributed by atoms with Gasteiger partial charge in [0.15, 0.2) is 0 Å². The summed E-state index contributed by atoms with van der Waals surface area (Å²) in [5.41, 5.74) is 0.508. The Morgan fingerprint density at radius 1 is 1.24 bits per heavy atom. The number of hydrogen-bond donors (Lipinski definition) is 2. The molecule has 1 aromatic carbocycles. The molecule has 1 aliphatic heterocycles. The average Bonchev–Trinajstić information content (AvgIpc) is 2.55. The minimum atomic E-state index is -3.56. The lowest BCUT2D eigenvalue weighted by atomic mass is 10.0. The van der Waals surface area contributed by atoms with E-state index in [1.54, 1.807) is 17.0 Å². The Hall–Kier alpha value is -1.15. The van der Waals surface area contributed by atoms with Crippen LogP contribution in [0.15, 0.2) is 29.2 Å². The first-order valence-corrected chi connectivity index (χ1v) is 10.0. The number of carbonyl (C=O) groups is 1. The van der Waals surface area contributed by atoms with Crippen molar-refractivity contribution >= 4 is 28.3 Å². The van der Waals surface area contributed by atoms with E-state index in [0.29, 0.717) is 24.7 Å². The van der Waals surface area contributed by atoms with Crippen LogP contribution in [0.5, 0.6) is 0 Å². The molecule has 2 atom stereocenters. The van der Waals surface area contributed by atoms with Gasteiger partial charge in [-0.05, 0) is 64.4 Å². The summed E-state index contributed by atoms with van der Waals surface area (Å²) in [5.74, 6) is -0.0795. The van der Waals surface area contributed by atoms with Crippen molar-refractivity contribution in [2.75, 3.05) is 19.6 Å². The van der Waals surface area contributed by atoms with Gasteiger partial charge in [0, 0.05) is 30.7 Å². The van der Waals surface area contributed by atoms with E-state index in [-0.39, 0.29) is 29.3 Å². The van der Waals surface area contributed by atoms with Gasteiger partial charge in [-0.1, -0.05) is 0 Å². The third-order valence-corrected chi connectivity index (χ3v) is 5.94. The van der Waals surface area contributed by atoms with Gasteiger partial charge in [-0.3, -0.25) is 4.79 Å². The van der Waals surface area contributed by atoms with Gasteiger partial charge in [0.1, 0.15) is 0 Å². The van der Waals surface area contributed by atoms with Crippen molar-refractivity contribution in [1.29, 1.82) is 0 Å². The number of sulfonamides is 1. The first-order valence-electron chi connectivity index (χ1n) is 8.52. The number of hydrogen-bond acceptors (Lipinski definition) is 4. The van der Waals surface area contributed by atoms with Crippen molar-refractivity contribution in [3.8, 4) is 0 Å². The Labute approximate surface area is 156 Å². The topological polar surface area (TPSA) is 78.5 Å². The third-order valence-electron chi connectivity index (χ3n) is 4.41. The molecule has 8 heteroatoms. The van der Waals surface area contributed by atoms with Crippen LogP contribution in [0.4, 0.5) is 0 Å². The van der Waals surface area contributed by atoms with Crippen LogP contribution >= 0.6 is 12.4 Å². The second-order valence-electron chi connectivity index (χ2n) is 6.20. The number of piperidine rings is 1. The fraction of sp³-hybridized carbons (Fsp3) is 0.588. The minimum Gasteiger partial charge on any atom is -0.339 e. The van der Waals surface area contributed by atoms with E-state index in [2.05, 4.69) is 10.0 Å². The number of rotatable bonds is 6. The number of amides is 1. The number of benzene rings is 1. The minimum absolute atomic E-state index is 0. The summed E-state index contributed by atoms with van der Waals surface area (Å²) in [7, 11) is -3.56. The van der Waals surface area contributed by atoms with Crippen LogP contribution in [0, 0.1) is 0 Å². The Bertz CT molecular complexity index is 660. The standard InChI is InChI=1S/C17H27N3O3S.ClH/c1-4-20(5-2)17(21)14-6-8-16(9-7-14)24(22,23)19-15-10-11-18-13(3)12-15;/h6-9,13,15,18-19H,4-5,10-12H2,1-3H3;1H. The Morgan fingerprint density at radius 2 is 1.84 bits per heavy atom. The Kier molecular flexibility index (Phi) is 8.34. The maximum Gasteiger partial charge on any atom is 0.253 e. The molecular weight excluding hydrogens is 362 g/mol. The summed E-state index contributed by atoms with van der Waals surface area (Å²) < 4.78 is 27.8. The molecule has 1 aromatic rings. The zero-order valence-corrected chi connectivity index (χ0v) is 16.6. The smallest absolute Gasteiger partial charge is 0.253 e. The average molecular weight is 390 g/mol. The van der Waals surface area contributed by atoms with E-state index >= 15 is 0 Å². The second-order valence-corrected chi connectivity index (χ2v) is 7.91. The molecule has 25 heavy (non-hydrogen) atoms. The molecule has 2 rings (SSSR count). The zero-order valence-electron chi connectivity index (χ0n) is 15.0. The van der Waals surface area contributed by atoms with Crippen LogP contribution in [0.1, 0.15) is 44.0 Å². The second kappa shape index (κ2) is 9.52. The van der Waals surface area contributed by atoms with Gasteiger partial charge in [0.2, 0.25) is 10.0 Å². The summed E-state index contributed by atoms with van der Waals surface area (Å²) in [6.07, 6.45) is 1.56. The maximum atomic E-state index is 12.5. The molecule has 2 unspecified atom stereocenters. The number of carbonyl (C=O) groups excluding carboxylic acids is 1. The summed E-state index contributed by atoms with van der Waals surface area (Å²) in [6, 6.07) is 6.43. The van der Waals surface area contributed by atoms with Crippen molar-refractivity contribution in [3.63, 3.8) is 0 Å². The lowest BCUT2D eigenvalue weighted by Crippen LogP contribution is -2.46. The van der Waals surface area contributed by atoms with Crippen molar-refractivity contribution < 1.29 is 13.2 Å². The van der Waals surface area contributed by atoms with Crippen molar-refractivity contribution in [3.05, 3.63) is 29.8 Å². The molecule has 6 nitrogen and oxygen atoms in total. The molecule has 0 radical (unpaired) electrons. The number of halogens is 1. The van der Waals surface area contributed by atoms with Gasteiger partial charge < -0.3 is 10.2 Å². The zero-order chi connectivity index (χ0) is 17.7. The molecule has 0 saturated carbocycles. The van der Waals surface area contributed by atoms with E-state index in [9.17, 15) is 13.2 Å². The molecule has 0 aromatic heterocycles. The number of nitrogens with one attached hydrogen (secondary N) is 2. The van der Waals surface area contributed by atoms with Crippen LogP contribution in [0.3, 0.4) is 0 Å². The van der Waals surface area contributed by atoms with Crippen LogP contribution in [0.2, 0.25) is 0 Å². The predicted octanol–water partition coefficient (Wildman–Crippen LogP) is 2.01. The fourth-order valence-electron chi connectivity index (χ4n) is 3.00. The van der Waals surface area contributed by atoms with Gasteiger partial charge in [-0.15, -0.1) is 12.4 Å². The van der Waals surface area contributed by atoms with E-state index in [4.69, 9.17) is 0 Å². The third kappa shape index (κ3) is 5.67. The van der Waals surface area contributed by atoms with E-state index in [1.807, 2.05) is 20.8 Å². The molecule has 1 fully saturated rings. The molecule has 2 N–H and O–H groups in total. The van der Waals surface area contributed by atoms with Gasteiger partial charge in [0.05, 0.1) is 4.90 Å². The lowest BCUT2D eigenvalue weighted by molar-refractivity contribution is 0.0773. The first kappa shape index (κ1) is 21.9. The van der Waals surface area contributed by atoms with E-state index < -0.39 is 10.0 Å². The molecule has 1 heterocycles. The molecule has 1 amide bonds. The summed E-state index contributed by atoms with van der Waals surface area (Å²) >= 11 is 0. The molecule has 0 aliphatic carbocycles. The molecule has 142 valence electrons. The predicted molar refractivity (Wildman–Crippen MR) is 102 cm³/mol. The highest BCUT2D eigenvalue weighted by atomic mass is 35.5. The monoisotopic (exact) mass is 389 g/mol. The highest BCUT2D eigenvalue weighted by Crippen LogP contribution is 2.16. The van der Waals surface area contributed by atoms with Gasteiger partial charge in [0.25, 0.3) is 5.91 Å². The maximum absolute atomic E-state index is 12.5. The normalized spacial score (nSPS) is 20.6. The molecule has 1 saturated heterocycles. The van der Waals surface area contributed by atoms with Gasteiger partial charge in [-0.2, -0.15) is 0 Å². The molecular formula is C17H28ClN3O3S. The SMILES string of the molecule is CCN(CC)C(=O)c1ccc(S(=O)(=O)NC2CCNC(C)C2)cc1.Cl. The highest BCUT2D eigenvalue weighted by molar-refractivity contribution is 7.89.